The minimum Gasteiger partial charge on any atom is -0.313 e. The first-order valence-electron chi connectivity index (χ1n) is 6.33. The van der Waals surface area contributed by atoms with Crippen molar-refractivity contribution in [2.45, 2.75) is 25.4 Å². The van der Waals surface area contributed by atoms with E-state index in [1.54, 1.807) is 19.1 Å². The van der Waals surface area contributed by atoms with Crippen molar-refractivity contribution in [2.75, 3.05) is 11.3 Å². The average molecular weight is 330 g/mol. The molecule has 21 heavy (non-hydrogen) atoms. The number of aryl methyl sites for hydroxylation is 1. The average Bonchev–Trinajstić information content (AvgIpc) is 2.81. The van der Waals surface area contributed by atoms with E-state index >= 15 is 0 Å². The van der Waals surface area contributed by atoms with Gasteiger partial charge in [0.05, 0.1) is 5.02 Å². The largest absolute Gasteiger partial charge is 0.313 e. The zero-order chi connectivity index (χ0) is 15.5. The van der Waals surface area contributed by atoms with Crippen molar-refractivity contribution in [3.8, 4) is 0 Å². The van der Waals surface area contributed by atoms with Gasteiger partial charge in [0.2, 0.25) is 5.03 Å². The molecular weight excluding hydrogens is 314 g/mol. The van der Waals surface area contributed by atoms with Crippen LogP contribution in [0.5, 0.6) is 0 Å². The van der Waals surface area contributed by atoms with Crippen LogP contribution < -0.4 is 10.0 Å². The summed E-state index contributed by atoms with van der Waals surface area (Å²) in [4.78, 5) is 3.91. The first-order valence-corrected chi connectivity index (χ1v) is 8.19. The molecule has 2 aromatic rings. The molecule has 2 heterocycles. The summed E-state index contributed by atoms with van der Waals surface area (Å²) >= 11 is 5.92. The summed E-state index contributed by atoms with van der Waals surface area (Å²) in [6.45, 7) is 4.84. The third-order valence-corrected chi connectivity index (χ3v) is 4.45. The van der Waals surface area contributed by atoms with Gasteiger partial charge in [-0.05, 0) is 25.6 Å². The van der Waals surface area contributed by atoms with Crippen molar-refractivity contribution in [1.82, 2.24) is 20.5 Å². The fourth-order valence-corrected chi connectivity index (χ4v) is 3.20. The zero-order valence-corrected chi connectivity index (χ0v) is 13.2. The van der Waals surface area contributed by atoms with E-state index in [4.69, 9.17) is 11.6 Å². The fraction of sp³-hybridized carbons (Fsp3) is 0.333. The van der Waals surface area contributed by atoms with E-state index < -0.39 is 10.0 Å². The Morgan fingerprint density at radius 2 is 2.19 bits per heavy atom. The summed E-state index contributed by atoms with van der Waals surface area (Å²) in [5.74, 6) is 0.0780. The van der Waals surface area contributed by atoms with Gasteiger partial charge in [0.25, 0.3) is 10.0 Å². The maximum Gasteiger partial charge on any atom is 0.282 e. The molecule has 3 N–H and O–H groups in total. The number of nitrogens with one attached hydrogen (secondary N) is 3. The number of anilines is 1. The molecule has 0 fully saturated rings. The topological polar surface area (TPSA) is 99.8 Å². The lowest BCUT2D eigenvalue weighted by molar-refractivity contribution is 0.594. The molecule has 0 atom stereocenters. The van der Waals surface area contributed by atoms with Gasteiger partial charge in [-0.25, -0.2) is 4.98 Å². The monoisotopic (exact) mass is 329 g/mol. The summed E-state index contributed by atoms with van der Waals surface area (Å²) < 4.78 is 27.2. The molecule has 0 radical (unpaired) electrons. The van der Waals surface area contributed by atoms with Gasteiger partial charge in [0.15, 0.2) is 5.82 Å². The SMILES string of the molecule is CCNCc1c(S(=O)(=O)Nc2ncccc2Cl)n[nH]c1C. The van der Waals surface area contributed by atoms with E-state index in [1.165, 1.54) is 6.20 Å². The zero-order valence-electron chi connectivity index (χ0n) is 11.6. The second-order valence-electron chi connectivity index (χ2n) is 4.35. The van der Waals surface area contributed by atoms with Gasteiger partial charge in [-0.1, -0.05) is 18.5 Å². The quantitative estimate of drug-likeness (QED) is 0.748. The summed E-state index contributed by atoms with van der Waals surface area (Å²) in [5.41, 5.74) is 1.29. The van der Waals surface area contributed by atoms with Gasteiger partial charge >= 0.3 is 0 Å². The van der Waals surface area contributed by atoms with Gasteiger partial charge < -0.3 is 5.32 Å². The van der Waals surface area contributed by atoms with E-state index in [2.05, 4.69) is 25.2 Å². The molecule has 0 saturated heterocycles. The second kappa shape index (κ2) is 6.42. The van der Waals surface area contributed by atoms with E-state index in [0.717, 1.165) is 6.54 Å². The summed E-state index contributed by atoms with van der Waals surface area (Å²) in [6, 6.07) is 3.18. The number of pyridine rings is 1. The number of sulfonamides is 1. The van der Waals surface area contributed by atoms with E-state index in [-0.39, 0.29) is 15.9 Å². The maximum atomic E-state index is 12.4. The van der Waals surface area contributed by atoms with E-state index in [0.29, 0.717) is 17.8 Å². The molecule has 0 spiro atoms. The molecular formula is C12H16ClN5O2S. The van der Waals surface area contributed by atoms with Crippen LogP contribution in [0.25, 0.3) is 0 Å². The highest BCUT2D eigenvalue weighted by Crippen LogP contribution is 2.23. The molecule has 2 aromatic heterocycles. The van der Waals surface area contributed by atoms with Gasteiger partial charge in [0, 0.05) is 24.0 Å². The molecule has 2 rings (SSSR count). The summed E-state index contributed by atoms with van der Waals surface area (Å²) in [6.07, 6.45) is 1.46. The van der Waals surface area contributed by atoms with Crippen LogP contribution in [-0.2, 0) is 16.6 Å². The Labute approximate surface area is 128 Å². The van der Waals surface area contributed by atoms with Crippen molar-refractivity contribution >= 4 is 27.4 Å². The van der Waals surface area contributed by atoms with E-state index in [1.807, 2.05) is 6.92 Å². The molecule has 7 nitrogen and oxygen atoms in total. The van der Waals surface area contributed by atoms with E-state index in [9.17, 15) is 8.42 Å². The minimum absolute atomic E-state index is 0.0531. The molecule has 0 saturated carbocycles. The van der Waals surface area contributed by atoms with Crippen LogP contribution >= 0.6 is 11.6 Å². The molecule has 0 bridgehead atoms. The molecule has 9 heteroatoms. The molecule has 0 amide bonds. The van der Waals surface area contributed by atoms with Crippen LogP contribution in [0.2, 0.25) is 5.02 Å². The Kier molecular flexibility index (Phi) is 4.81. The van der Waals surface area contributed by atoms with Crippen molar-refractivity contribution in [3.05, 3.63) is 34.6 Å². The molecule has 0 aromatic carbocycles. The van der Waals surface area contributed by atoms with Gasteiger partial charge in [-0.2, -0.15) is 13.5 Å². The number of hydrogen-bond donors (Lipinski definition) is 3. The van der Waals surface area contributed by atoms with Crippen molar-refractivity contribution in [2.24, 2.45) is 0 Å². The molecule has 0 aliphatic heterocycles. The number of rotatable bonds is 6. The van der Waals surface area contributed by atoms with Crippen LogP contribution in [0.4, 0.5) is 5.82 Å². The summed E-state index contributed by atoms with van der Waals surface area (Å²) in [5, 5.41) is 9.83. The van der Waals surface area contributed by atoms with Gasteiger partial charge in [-0.3, -0.25) is 9.82 Å². The predicted molar refractivity (Wildman–Crippen MR) is 80.8 cm³/mol. The first-order chi connectivity index (χ1) is 9.95. The third-order valence-electron chi connectivity index (χ3n) is 2.83. The highest BCUT2D eigenvalue weighted by molar-refractivity contribution is 7.92. The molecule has 0 aliphatic rings. The third kappa shape index (κ3) is 3.52. The van der Waals surface area contributed by atoms with Crippen LogP contribution in [0.3, 0.4) is 0 Å². The number of H-pyrrole nitrogens is 1. The van der Waals surface area contributed by atoms with Crippen molar-refractivity contribution < 1.29 is 8.42 Å². The van der Waals surface area contributed by atoms with Crippen LogP contribution in [-0.4, -0.2) is 30.1 Å². The molecule has 0 unspecified atom stereocenters. The van der Waals surface area contributed by atoms with Crippen molar-refractivity contribution in [3.63, 3.8) is 0 Å². The first kappa shape index (κ1) is 15.7. The molecule has 0 aliphatic carbocycles. The van der Waals surface area contributed by atoms with Crippen LogP contribution in [0.1, 0.15) is 18.2 Å². The lowest BCUT2D eigenvalue weighted by atomic mass is 10.2. The Balaban J connectivity index is 2.34. The molecule has 114 valence electrons. The predicted octanol–water partition coefficient (Wildman–Crippen LogP) is 1.68. The smallest absolute Gasteiger partial charge is 0.282 e. The second-order valence-corrected chi connectivity index (χ2v) is 6.36. The number of halogens is 1. The van der Waals surface area contributed by atoms with Crippen LogP contribution in [0.15, 0.2) is 23.4 Å². The van der Waals surface area contributed by atoms with Gasteiger partial charge in [-0.15, -0.1) is 0 Å². The Hall–Kier alpha value is -1.64. The van der Waals surface area contributed by atoms with Gasteiger partial charge in [0.1, 0.15) is 0 Å². The van der Waals surface area contributed by atoms with Crippen molar-refractivity contribution in [1.29, 1.82) is 0 Å². The number of aromatic nitrogens is 3. The van der Waals surface area contributed by atoms with Crippen LogP contribution in [0, 0.1) is 6.92 Å². The Morgan fingerprint density at radius 1 is 1.43 bits per heavy atom. The standard InChI is InChI=1S/C12H16ClN5O2S/c1-3-14-7-9-8(2)16-17-12(9)21(19,20)18-11-10(13)5-4-6-15-11/h4-6,14H,3,7H2,1-2H3,(H,15,18)(H,16,17). The number of nitrogens with zero attached hydrogens (tertiary/aromatic N) is 2. The number of hydrogen-bond acceptors (Lipinski definition) is 5. The lowest BCUT2D eigenvalue weighted by Gasteiger charge is -2.08. The highest BCUT2D eigenvalue weighted by atomic mass is 35.5. The number of aromatic amines is 1. The Morgan fingerprint density at radius 3 is 2.86 bits per heavy atom. The normalized spacial score (nSPS) is 11.6. The maximum absolute atomic E-state index is 12.4. The fourth-order valence-electron chi connectivity index (χ4n) is 1.75. The summed E-state index contributed by atoms with van der Waals surface area (Å²) in [7, 11) is -3.86. The minimum atomic E-state index is -3.86. The highest BCUT2D eigenvalue weighted by Gasteiger charge is 2.24. The lowest BCUT2D eigenvalue weighted by Crippen LogP contribution is -2.19. The Bertz CT molecular complexity index is 729.